The molecule has 11 nitrogen and oxygen atoms in total. The second-order valence-electron chi connectivity index (χ2n) is 13.7. The molecular weight excluding hydrogens is 642 g/mol. The number of rotatable bonds is 19. The monoisotopic (exact) mass is 701 g/mol. The van der Waals surface area contributed by atoms with Crippen molar-refractivity contribution < 1.29 is 19.1 Å². The highest BCUT2D eigenvalue weighted by molar-refractivity contribution is 6.08. The van der Waals surface area contributed by atoms with Gasteiger partial charge in [-0.2, -0.15) is 0 Å². The molecule has 1 saturated heterocycles. The van der Waals surface area contributed by atoms with Crippen molar-refractivity contribution in [3.8, 4) is 5.75 Å². The predicted octanol–water partition coefficient (Wildman–Crippen LogP) is 6.60. The topological polar surface area (TPSA) is 136 Å². The summed E-state index contributed by atoms with van der Waals surface area (Å²) in [6, 6.07) is 13.8. The fourth-order valence-corrected chi connectivity index (χ4v) is 6.36. The Morgan fingerprint density at radius 2 is 1.69 bits per heavy atom. The standard InChI is InChI=1S/C40H59N7O4/c1-5-6-10-20-43-38(30(2)3)39-35(42)18-21-47(39)28-33-15-12-32(26-36(33)50-4)27-45-22-24-46(25-23-45)40(49)51-29-31-13-16-34(17-14-31)44-37(48)11-8-7-9-19-41/h12-18,21,26,30,42-43H,5-11,19-20,22-25,27-29,41H2,1-4H3,(H,44,48)/b39-38-,42-35?. The minimum atomic E-state index is -0.315. The van der Waals surface area contributed by atoms with Crippen LogP contribution in [-0.4, -0.2) is 78.8 Å². The molecule has 1 fully saturated rings. The summed E-state index contributed by atoms with van der Waals surface area (Å²) < 4.78 is 11.5. The van der Waals surface area contributed by atoms with Crippen LogP contribution in [0.15, 0.2) is 66.1 Å². The van der Waals surface area contributed by atoms with Crippen LogP contribution in [0, 0.1) is 11.3 Å². The van der Waals surface area contributed by atoms with Crippen molar-refractivity contribution in [3.63, 3.8) is 0 Å². The Hall–Kier alpha value is -4.35. The number of carbonyl (C=O) groups is 2. The van der Waals surface area contributed by atoms with E-state index in [0.29, 0.717) is 38.3 Å². The highest BCUT2D eigenvalue weighted by atomic mass is 16.6. The summed E-state index contributed by atoms with van der Waals surface area (Å²) in [5.74, 6) is 1.10. The highest BCUT2D eigenvalue weighted by Crippen LogP contribution is 2.29. The van der Waals surface area contributed by atoms with Crippen LogP contribution in [0.3, 0.4) is 0 Å². The smallest absolute Gasteiger partial charge is 0.410 e. The van der Waals surface area contributed by atoms with E-state index in [9.17, 15) is 9.59 Å². The first-order valence-corrected chi connectivity index (χ1v) is 18.6. The van der Waals surface area contributed by atoms with Gasteiger partial charge in [0, 0.05) is 68.8 Å². The lowest BCUT2D eigenvalue weighted by atomic mass is 10.0. The third-order valence-electron chi connectivity index (χ3n) is 9.33. The molecule has 0 unspecified atom stereocenters. The summed E-state index contributed by atoms with van der Waals surface area (Å²) in [7, 11) is 1.71. The molecule has 0 spiro atoms. The minimum absolute atomic E-state index is 0.00697. The lowest BCUT2D eigenvalue weighted by Crippen LogP contribution is -2.48. The van der Waals surface area contributed by atoms with Crippen LogP contribution in [0.2, 0.25) is 0 Å². The molecule has 278 valence electrons. The van der Waals surface area contributed by atoms with Gasteiger partial charge in [0.15, 0.2) is 0 Å². The molecule has 51 heavy (non-hydrogen) atoms. The molecule has 2 aliphatic rings. The molecule has 4 rings (SSSR count). The fourth-order valence-electron chi connectivity index (χ4n) is 6.36. The van der Waals surface area contributed by atoms with Gasteiger partial charge in [-0.3, -0.25) is 15.1 Å². The van der Waals surface area contributed by atoms with Crippen molar-refractivity contribution in [1.82, 2.24) is 20.0 Å². The fraction of sp³-hybridized carbons (Fsp3) is 0.525. The van der Waals surface area contributed by atoms with Crippen molar-refractivity contribution >= 4 is 23.4 Å². The molecule has 0 aliphatic carbocycles. The molecule has 2 aromatic rings. The third kappa shape index (κ3) is 12.1. The number of anilines is 1. The van der Waals surface area contributed by atoms with E-state index in [-0.39, 0.29) is 24.5 Å². The second-order valence-corrected chi connectivity index (χ2v) is 13.7. The van der Waals surface area contributed by atoms with Crippen LogP contribution in [0.4, 0.5) is 10.5 Å². The molecular formula is C40H59N7O4. The van der Waals surface area contributed by atoms with E-state index >= 15 is 0 Å². The van der Waals surface area contributed by atoms with Crippen LogP contribution in [0.5, 0.6) is 5.75 Å². The van der Waals surface area contributed by atoms with Crippen molar-refractivity contribution in [2.45, 2.75) is 85.4 Å². The third-order valence-corrected chi connectivity index (χ3v) is 9.33. The molecule has 2 aromatic carbocycles. The number of nitrogens with two attached hydrogens (primary N) is 1. The Labute approximate surface area is 304 Å². The quantitative estimate of drug-likeness (QED) is 0.120. The minimum Gasteiger partial charge on any atom is -0.496 e. The zero-order valence-corrected chi connectivity index (χ0v) is 31.1. The Balaban J connectivity index is 1.24. The van der Waals surface area contributed by atoms with E-state index in [2.05, 4.69) is 59.4 Å². The number of unbranched alkanes of at least 4 members (excludes halogenated alkanes) is 4. The van der Waals surface area contributed by atoms with Crippen LogP contribution < -0.4 is 21.1 Å². The number of amides is 2. The van der Waals surface area contributed by atoms with Crippen LogP contribution in [0.1, 0.15) is 82.4 Å². The van der Waals surface area contributed by atoms with Gasteiger partial charge in [0.25, 0.3) is 0 Å². The number of ether oxygens (including phenoxy) is 2. The number of nitrogens with one attached hydrogen (secondary N) is 3. The van der Waals surface area contributed by atoms with Crippen LogP contribution in [0.25, 0.3) is 0 Å². The molecule has 0 saturated carbocycles. The average molecular weight is 702 g/mol. The normalized spacial score (nSPS) is 15.8. The molecule has 11 heteroatoms. The molecule has 0 radical (unpaired) electrons. The first-order valence-electron chi connectivity index (χ1n) is 18.6. The number of piperazine rings is 1. The van der Waals surface area contributed by atoms with Gasteiger partial charge in [-0.15, -0.1) is 0 Å². The van der Waals surface area contributed by atoms with Gasteiger partial charge in [-0.1, -0.05) is 64.3 Å². The first-order chi connectivity index (χ1) is 24.7. The maximum atomic E-state index is 12.8. The van der Waals surface area contributed by atoms with Gasteiger partial charge in [-0.05, 0) is 67.1 Å². The van der Waals surface area contributed by atoms with E-state index in [1.165, 1.54) is 12.8 Å². The average Bonchev–Trinajstić information content (AvgIpc) is 3.49. The number of hydrogen-bond donors (Lipinski definition) is 4. The highest BCUT2D eigenvalue weighted by Gasteiger charge is 2.25. The van der Waals surface area contributed by atoms with E-state index in [4.69, 9.17) is 20.6 Å². The zero-order valence-electron chi connectivity index (χ0n) is 31.1. The Bertz CT molecular complexity index is 1500. The number of carbonyl (C=O) groups excluding carboxylic acids is 2. The van der Waals surface area contributed by atoms with Gasteiger partial charge in [0.1, 0.15) is 12.4 Å². The Morgan fingerprint density at radius 1 is 0.941 bits per heavy atom. The Morgan fingerprint density at radius 3 is 2.37 bits per heavy atom. The maximum absolute atomic E-state index is 12.8. The summed E-state index contributed by atoms with van der Waals surface area (Å²) in [4.78, 5) is 31.2. The molecule has 0 atom stereocenters. The second kappa shape index (κ2) is 20.5. The SMILES string of the molecule is CCCCCN/C(=C1/C(=N)C=CN1Cc1ccc(CN2CCN(C(=O)OCc3ccc(NC(=O)CCCCCN)cc3)CC2)cc1OC)C(C)C. The number of hydrogen-bond acceptors (Lipinski definition) is 9. The maximum Gasteiger partial charge on any atom is 0.410 e. The van der Waals surface area contributed by atoms with Gasteiger partial charge < -0.3 is 35.6 Å². The van der Waals surface area contributed by atoms with Gasteiger partial charge in [0.05, 0.1) is 25.1 Å². The molecule has 2 aliphatic heterocycles. The molecule has 2 amide bonds. The molecule has 2 heterocycles. The van der Waals surface area contributed by atoms with E-state index in [1.54, 1.807) is 12.0 Å². The summed E-state index contributed by atoms with van der Waals surface area (Å²) in [6.07, 6.45) is 10.2. The summed E-state index contributed by atoms with van der Waals surface area (Å²) in [5, 5.41) is 15.2. The van der Waals surface area contributed by atoms with E-state index in [1.807, 2.05) is 36.5 Å². The molecule has 0 aromatic heterocycles. The summed E-state index contributed by atoms with van der Waals surface area (Å²) in [6.45, 7) is 12.4. The van der Waals surface area contributed by atoms with Crippen molar-refractivity contribution in [2.75, 3.05) is 51.7 Å². The lowest BCUT2D eigenvalue weighted by Gasteiger charge is -2.34. The number of benzene rings is 2. The molecule has 5 N–H and O–H groups in total. The zero-order chi connectivity index (χ0) is 36.6. The van der Waals surface area contributed by atoms with Crippen LogP contribution >= 0.6 is 0 Å². The first kappa shape index (κ1) is 39.4. The van der Waals surface area contributed by atoms with Gasteiger partial charge >= 0.3 is 6.09 Å². The predicted molar refractivity (Wildman–Crippen MR) is 204 cm³/mol. The largest absolute Gasteiger partial charge is 0.496 e. The van der Waals surface area contributed by atoms with Crippen molar-refractivity contribution in [2.24, 2.45) is 11.7 Å². The van der Waals surface area contributed by atoms with Crippen molar-refractivity contribution in [1.29, 1.82) is 5.41 Å². The molecule has 0 bridgehead atoms. The van der Waals surface area contributed by atoms with E-state index < -0.39 is 0 Å². The number of allylic oxidation sites excluding steroid dienone is 2. The van der Waals surface area contributed by atoms with Gasteiger partial charge in [-0.25, -0.2) is 4.79 Å². The Kier molecular flexibility index (Phi) is 15.8. The number of nitrogens with zero attached hydrogens (tertiary/aromatic N) is 3. The van der Waals surface area contributed by atoms with Crippen molar-refractivity contribution in [3.05, 3.63) is 82.8 Å². The van der Waals surface area contributed by atoms with Gasteiger partial charge in [0.2, 0.25) is 5.91 Å². The lowest BCUT2D eigenvalue weighted by molar-refractivity contribution is -0.116. The summed E-state index contributed by atoms with van der Waals surface area (Å²) >= 11 is 0. The van der Waals surface area contributed by atoms with E-state index in [0.717, 1.165) is 91.4 Å². The summed E-state index contributed by atoms with van der Waals surface area (Å²) in [5.41, 5.74) is 11.9. The van der Waals surface area contributed by atoms with Crippen LogP contribution in [-0.2, 0) is 29.2 Å². The number of methoxy groups -OCH3 is 1.